The zero-order valence-electron chi connectivity index (χ0n) is 19.0. The summed E-state index contributed by atoms with van der Waals surface area (Å²) in [4.78, 5) is 21.5. The molecule has 1 amide bonds. The fourth-order valence-electron chi connectivity index (χ4n) is 3.77. The lowest BCUT2D eigenvalue weighted by Crippen LogP contribution is -2.50. The first kappa shape index (κ1) is 24.9. The van der Waals surface area contributed by atoms with E-state index in [4.69, 9.17) is 40.4 Å². The van der Waals surface area contributed by atoms with E-state index in [-0.39, 0.29) is 17.6 Å². The number of aliphatic imine (C=N–C) groups is 1. The predicted octanol–water partition coefficient (Wildman–Crippen LogP) is 5.27. The quantitative estimate of drug-likeness (QED) is 0.460. The molecule has 1 unspecified atom stereocenters. The van der Waals surface area contributed by atoms with Crippen molar-refractivity contribution in [2.75, 3.05) is 18.5 Å². The van der Waals surface area contributed by atoms with Gasteiger partial charge in [-0.25, -0.2) is 9.38 Å². The predicted molar refractivity (Wildman–Crippen MR) is 142 cm³/mol. The minimum Gasteiger partial charge on any atom is -0.345 e. The number of hydrogen-bond donors (Lipinski definition) is 1. The SMILES string of the molecule is CCN(Cc1cc#ccc1F)C(=S)NC1N=C(c2ccccc2Cl)c2cc(Cl)ccc2N(C)C1=O. The second kappa shape index (κ2) is 10.6. The number of nitrogens with zero attached hydrogens (tertiary/aromatic N) is 3. The van der Waals surface area contributed by atoms with Crippen molar-refractivity contribution in [1.29, 1.82) is 0 Å². The summed E-state index contributed by atoms with van der Waals surface area (Å²) in [5.74, 6) is -0.718. The van der Waals surface area contributed by atoms with Crippen LogP contribution in [0, 0.1) is 17.9 Å². The Morgan fingerprint density at radius 1 is 1.20 bits per heavy atom. The third-order valence-electron chi connectivity index (χ3n) is 5.65. The number of anilines is 1. The van der Waals surface area contributed by atoms with Gasteiger partial charge in [0.1, 0.15) is 5.82 Å². The third-order valence-corrected chi connectivity index (χ3v) is 6.59. The van der Waals surface area contributed by atoms with Crippen LogP contribution in [0.25, 0.3) is 0 Å². The Balaban J connectivity index is 1.72. The van der Waals surface area contributed by atoms with E-state index in [2.05, 4.69) is 17.4 Å². The topological polar surface area (TPSA) is 47.9 Å². The number of likely N-dealkylation sites (N-methyl/N-ethyl adjacent to an activating group) is 1. The van der Waals surface area contributed by atoms with Crippen LogP contribution in [0.15, 0.2) is 59.6 Å². The van der Waals surface area contributed by atoms with Crippen LogP contribution in [-0.2, 0) is 11.3 Å². The number of carbonyl (C=O) groups excluding carboxylic acids is 1. The number of nitrogens with one attached hydrogen (secondary N) is 1. The van der Waals surface area contributed by atoms with Crippen molar-refractivity contribution in [2.24, 2.45) is 4.99 Å². The van der Waals surface area contributed by atoms with E-state index in [1.54, 1.807) is 36.2 Å². The van der Waals surface area contributed by atoms with Crippen molar-refractivity contribution >= 4 is 57.8 Å². The molecule has 0 bridgehead atoms. The number of benzodiazepines with no additional fused rings is 1. The molecular formula is C26H21Cl2FN4OS. The average molecular weight is 527 g/mol. The Morgan fingerprint density at radius 3 is 2.66 bits per heavy atom. The number of halogens is 3. The number of hydrogen-bond acceptors (Lipinski definition) is 3. The molecule has 0 fully saturated rings. The van der Waals surface area contributed by atoms with Gasteiger partial charge >= 0.3 is 0 Å². The molecule has 1 heterocycles. The van der Waals surface area contributed by atoms with Gasteiger partial charge in [-0.3, -0.25) is 4.79 Å². The summed E-state index contributed by atoms with van der Waals surface area (Å²) in [5, 5.41) is 4.31. The van der Waals surface area contributed by atoms with Gasteiger partial charge < -0.3 is 15.1 Å². The Hall–Kier alpha value is -3.18. The van der Waals surface area contributed by atoms with Crippen LogP contribution in [0.3, 0.4) is 0 Å². The van der Waals surface area contributed by atoms with Gasteiger partial charge in [0.25, 0.3) is 5.91 Å². The van der Waals surface area contributed by atoms with Crippen LogP contribution in [0.1, 0.15) is 23.6 Å². The fourth-order valence-corrected chi connectivity index (χ4v) is 4.47. The largest absolute Gasteiger partial charge is 0.345 e. The highest BCUT2D eigenvalue weighted by molar-refractivity contribution is 7.80. The van der Waals surface area contributed by atoms with Gasteiger partial charge in [0.05, 0.1) is 11.4 Å². The molecule has 178 valence electrons. The summed E-state index contributed by atoms with van der Waals surface area (Å²) in [6.07, 6.45) is -1.04. The molecule has 0 aliphatic carbocycles. The number of amides is 1. The average Bonchev–Trinajstić information content (AvgIpc) is 2.94. The molecule has 1 aliphatic rings. The molecule has 1 aliphatic heterocycles. The molecule has 0 radical (unpaired) electrons. The maximum atomic E-state index is 14.2. The summed E-state index contributed by atoms with van der Waals surface area (Å²) in [6, 6.07) is 20.6. The molecule has 4 rings (SSSR count). The first-order valence-corrected chi connectivity index (χ1v) is 12.0. The number of benzene rings is 2. The summed E-state index contributed by atoms with van der Waals surface area (Å²) < 4.78 is 14.2. The number of fused-ring (bicyclic) bond motifs is 1. The van der Waals surface area contributed by atoms with Gasteiger partial charge in [-0.2, -0.15) is 0 Å². The van der Waals surface area contributed by atoms with E-state index in [0.29, 0.717) is 44.7 Å². The molecule has 3 aromatic carbocycles. The van der Waals surface area contributed by atoms with Crippen LogP contribution in [-0.4, -0.2) is 41.4 Å². The second-order valence-corrected chi connectivity index (χ2v) is 9.06. The Bertz CT molecular complexity index is 1320. The maximum absolute atomic E-state index is 14.2. The molecular weight excluding hydrogens is 506 g/mol. The highest BCUT2D eigenvalue weighted by Gasteiger charge is 2.32. The lowest BCUT2D eigenvalue weighted by molar-refractivity contribution is -0.119. The molecule has 3 aromatic rings. The van der Waals surface area contributed by atoms with Gasteiger partial charge in [-0.05, 0) is 49.5 Å². The standard InChI is InChI=1S/C26H21Cl2FN4OS/c1-3-33(15-16-8-4-7-11-21(16)29)26(35)31-24-25(34)32(2)22-13-12-17(27)14-19(22)23(30-24)18-9-5-6-10-20(18)28/h5-6,8-14,24H,3,15H2,1-2H3,(H,31,35). The van der Waals surface area contributed by atoms with Gasteiger partial charge in [0, 0.05) is 52.9 Å². The summed E-state index contributed by atoms with van der Waals surface area (Å²) in [7, 11) is 1.67. The van der Waals surface area contributed by atoms with Gasteiger partial charge in [-0.1, -0.05) is 53.5 Å². The van der Waals surface area contributed by atoms with Gasteiger partial charge in [-0.15, -0.1) is 0 Å². The highest BCUT2D eigenvalue weighted by atomic mass is 35.5. The van der Waals surface area contributed by atoms with Crippen LogP contribution >= 0.6 is 35.4 Å². The molecule has 0 aromatic heterocycles. The third kappa shape index (κ3) is 5.25. The van der Waals surface area contributed by atoms with Crippen molar-refractivity contribution < 1.29 is 9.18 Å². The van der Waals surface area contributed by atoms with Crippen molar-refractivity contribution in [1.82, 2.24) is 10.2 Å². The zero-order valence-corrected chi connectivity index (χ0v) is 21.3. The smallest absolute Gasteiger partial charge is 0.272 e. The van der Waals surface area contributed by atoms with Crippen LogP contribution in [0.2, 0.25) is 10.0 Å². The molecule has 1 atom stereocenters. The van der Waals surface area contributed by atoms with E-state index >= 15 is 0 Å². The van der Waals surface area contributed by atoms with Crippen molar-refractivity contribution in [2.45, 2.75) is 19.6 Å². The fraction of sp³-hybridized carbons (Fsp3) is 0.192. The van der Waals surface area contributed by atoms with Crippen molar-refractivity contribution in [3.05, 3.63) is 99.3 Å². The minimum absolute atomic E-state index is 0.201. The van der Waals surface area contributed by atoms with Crippen molar-refractivity contribution in [3.63, 3.8) is 0 Å². The monoisotopic (exact) mass is 526 g/mol. The van der Waals surface area contributed by atoms with E-state index in [1.807, 2.05) is 25.1 Å². The normalized spacial score (nSPS) is 15.0. The van der Waals surface area contributed by atoms with Gasteiger partial charge in [0.15, 0.2) is 5.11 Å². The molecule has 0 spiro atoms. The van der Waals surface area contributed by atoms with Crippen LogP contribution in [0.4, 0.5) is 10.1 Å². The Labute approximate surface area is 219 Å². The lowest BCUT2D eigenvalue weighted by Gasteiger charge is -2.27. The molecule has 0 saturated heterocycles. The maximum Gasteiger partial charge on any atom is 0.272 e. The molecule has 0 saturated carbocycles. The first-order chi connectivity index (χ1) is 16.8. The molecule has 9 heteroatoms. The Morgan fingerprint density at radius 2 is 1.94 bits per heavy atom. The van der Waals surface area contributed by atoms with E-state index in [1.165, 1.54) is 17.0 Å². The highest BCUT2D eigenvalue weighted by Crippen LogP contribution is 2.31. The van der Waals surface area contributed by atoms with Crippen LogP contribution < -0.4 is 10.2 Å². The summed E-state index contributed by atoms with van der Waals surface area (Å²) in [5.41, 5.74) is 2.89. The number of thiocarbonyl (C=S) groups is 1. The second-order valence-electron chi connectivity index (χ2n) is 7.83. The number of rotatable bonds is 5. The van der Waals surface area contributed by atoms with Gasteiger partial charge in [0.2, 0.25) is 6.17 Å². The van der Waals surface area contributed by atoms with E-state index in [0.717, 1.165) is 0 Å². The minimum atomic E-state index is -1.04. The van der Waals surface area contributed by atoms with E-state index in [9.17, 15) is 9.18 Å². The van der Waals surface area contributed by atoms with E-state index < -0.39 is 12.0 Å². The Kier molecular flexibility index (Phi) is 7.56. The lowest BCUT2D eigenvalue weighted by atomic mass is 10.00. The van der Waals surface area contributed by atoms with Crippen LogP contribution in [0.5, 0.6) is 0 Å². The zero-order chi connectivity index (χ0) is 25.1. The number of carbonyl (C=O) groups is 1. The summed E-state index contributed by atoms with van der Waals surface area (Å²) in [6.45, 7) is 2.58. The van der Waals surface area contributed by atoms with Crippen molar-refractivity contribution in [3.8, 4) is 0 Å². The molecule has 35 heavy (non-hydrogen) atoms. The molecule has 1 N–H and O–H groups in total. The summed E-state index contributed by atoms with van der Waals surface area (Å²) >= 11 is 18.4. The first-order valence-electron chi connectivity index (χ1n) is 10.8. The molecule has 5 nitrogen and oxygen atoms in total.